The maximum Gasteiger partial charge on any atom is 0.135 e. The molecular formula is C15H11ClINO. The van der Waals surface area contributed by atoms with Crippen molar-refractivity contribution in [2.45, 2.75) is 6.04 Å². The van der Waals surface area contributed by atoms with Gasteiger partial charge in [-0.05, 0) is 58.5 Å². The minimum absolute atomic E-state index is 0.277. The molecule has 1 unspecified atom stereocenters. The molecule has 0 amide bonds. The number of nitrogens with two attached hydrogens (primary N) is 1. The van der Waals surface area contributed by atoms with Gasteiger partial charge in [0.1, 0.15) is 11.3 Å². The van der Waals surface area contributed by atoms with Crippen molar-refractivity contribution in [3.05, 3.63) is 68.4 Å². The van der Waals surface area contributed by atoms with Crippen LogP contribution in [-0.2, 0) is 0 Å². The van der Waals surface area contributed by atoms with Gasteiger partial charge in [-0.1, -0.05) is 29.8 Å². The Morgan fingerprint density at radius 3 is 2.53 bits per heavy atom. The van der Waals surface area contributed by atoms with Crippen molar-refractivity contribution < 1.29 is 4.42 Å². The summed E-state index contributed by atoms with van der Waals surface area (Å²) in [7, 11) is 0. The summed E-state index contributed by atoms with van der Waals surface area (Å²) in [5.74, 6) is 0.726. The molecule has 3 rings (SSSR count). The van der Waals surface area contributed by atoms with Crippen LogP contribution < -0.4 is 5.73 Å². The molecule has 0 aliphatic carbocycles. The fourth-order valence-electron chi connectivity index (χ4n) is 2.03. The standard InChI is InChI=1S/C15H11ClINO/c16-12-2-1-3-13-11(12)8-14(19-13)15(18)9-4-6-10(17)7-5-9/h1-8,15H,18H2. The summed E-state index contributed by atoms with van der Waals surface area (Å²) in [6.45, 7) is 0. The molecule has 2 N–H and O–H groups in total. The molecule has 3 aromatic rings. The van der Waals surface area contributed by atoms with E-state index >= 15 is 0 Å². The largest absolute Gasteiger partial charge is 0.459 e. The predicted octanol–water partition coefficient (Wildman–Crippen LogP) is 4.74. The molecule has 1 atom stereocenters. The first-order chi connectivity index (χ1) is 9.15. The fraction of sp³-hybridized carbons (Fsp3) is 0.0667. The molecule has 0 saturated heterocycles. The third-order valence-corrected chi connectivity index (χ3v) is 4.11. The normalized spacial score (nSPS) is 12.8. The van der Waals surface area contributed by atoms with Crippen molar-refractivity contribution in [3.8, 4) is 0 Å². The molecule has 2 aromatic carbocycles. The van der Waals surface area contributed by atoms with Crippen LogP contribution >= 0.6 is 34.2 Å². The summed E-state index contributed by atoms with van der Waals surface area (Å²) in [5.41, 5.74) is 8.03. The van der Waals surface area contributed by atoms with E-state index in [-0.39, 0.29) is 6.04 Å². The lowest BCUT2D eigenvalue weighted by Gasteiger charge is -2.08. The third kappa shape index (κ3) is 2.50. The smallest absolute Gasteiger partial charge is 0.135 e. The Bertz CT molecular complexity index is 721. The fourth-order valence-corrected chi connectivity index (χ4v) is 2.61. The van der Waals surface area contributed by atoms with Crippen LogP contribution in [0.2, 0.25) is 5.02 Å². The van der Waals surface area contributed by atoms with Crippen LogP contribution in [0.25, 0.3) is 11.0 Å². The highest BCUT2D eigenvalue weighted by molar-refractivity contribution is 14.1. The van der Waals surface area contributed by atoms with Crippen LogP contribution in [0.5, 0.6) is 0 Å². The number of furan rings is 1. The van der Waals surface area contributed by atoms with E-state index in [2.05, 4.69) is 22.6 Å². The second-order valence-electron chi connectivity index (χ2n) is 4.33. The molecule has 0 radical (unpaired) electrons. The Hall–Kier alpha value is -1.04. The molecule has 96 valence electrons. The Kier molecular flexibility index (Phi) is 3.52. The van der Waals surface area contributed by atoms with Gasteiger partial charge in [-0.25, -0.2) is 0 Å². The van der Waals surface area contributed by atoms with E-state index in [0.29, 0.717) is 5.02 Å². The van der Waals surface area contributed by atoms with E-state index in [1.807, 2.05) is 48.5 Å². The molecule has 1 aromatic heterocycles. The summed E-state index contributed by atoms with van der Waals surface area (Å²) in [6, 6.07) is 15.3. The number of rotatable bonds is 2. The first kappa shape index (κ1) is 13.0. The van der Waals surface area contributed by atoms with Crippen molar-refractivity contribution in [2.24, 2.45) is 5.73 Å². The quantitative estimate of drug-likeness (QED) is 0.649. The van der Waals surface area contributed by atoms with Gasteiger partial charge >= 0.3 is 0 Å². The van der Waals surface area contributed by atoms with Crippen LogP contribution in [0.4, 0.5) is 0 Å². The molecule has 19 heavy (non-hydrogen) atoms. The lowest BCUT2D eigenvalue weighted by atomic mass is 10.1. The highest BCUT2D eigenvalue weighted by atomic mass is 127. The van der Waals surface area contributed by atoms with E-state index in [4.69, 9.17) is 21.8 Å². The molecule has 2 nitrogen and oxygen atoms in total. The molecule has 4 heteroatoms. The lowest BCUT2D eigenvalue weighted by Crippen LogP contribution is -2.10. The molecule has 0 saturated carbocycles. The van der Waals surface area contributed by atoms with Gasteiger partial charge in [0, 0.05) is 8.96 Å². The maximum atomic E-state index is 6.24. The van der Waals surface area contributed by atoms with Gasteiger partial charge in [-0.15, -0.1) is 0 Å². The molecule has 1 heterocycles. The van der Waals surface area contributed by atoms with Crippen LogP contribution in [0.3, 0.4) is 0 Å². The number of hydrogen-bond donors (Lipinski definition) is 1. The second-order valence-corrected chi connectivity index (χ2v) is 5.98. The predicted molar refractivity (Wildman–Crippen MR) is 86.4 cm³/mol. The van der Waals surface area contributed by atoms with E-state index in [9.17, 15) is 0 Å². The number of hydrogen-bond acceptors (Lipinski definition) is 2. The Balaban J connectivity index is 2.04. The van der Waals surface area contributed by atoms with Crippen molar-refractivity contribution in [1.82, 2.24) is 0 Å². The molecule has 0 aliphatic heterocycles. The molecule has 0 spiro atoms. The average molecular weight is 384 g/mol. The SMILES string of the molecule is NC(c1ccc(I)cc1)c1cc2c(Cl)cccc2o1. The van der Waals surface area contributed by atoms with Crippen LogP contribution in [0.15, 0.2) is 52.9 Å². The van der Waals surface area contributed by atoms with E-state index < -0.39 is 0 Å². The van der Waals surface area contributed by atoms with Crippen LogP contribution in [0.1, 0.15) is 17.4 Å². The summed E-state index contributed by atoms with van der Waals surface area (Å²) in [5, 5.41) is 1.59. The highest BCUT2D eigenvalue weighted by Crippen LogP contribution is 2.31. The van der Waals surface area contributed by atoms with Gasteiger partial charge in [-0.3, -0.25) is 0 Å². The monoisotopic (exact) mass is 383 g/mol. The zero-order valence-electron chi connectivity index (χ0n) is 9.94. The van der Waals surface area contributed by atoms with Crippen molar-refractivity contribution >= 4 is 45.2 Å². The molecule has 0 bridgehead atoms. The summed E-state index contributed by atoms with van der Waals surface area (Å²) in [6.07, 6.45) is 0. The maximum absolute atomic E-state index is 6.24. The average Bonchev–Trinajstić information content (AvgIpc) is 2.84. The second kappa shape index (κ2) is 5.15. The van der Waals surface area contributed by atoms with Gasteiger partial charge in [0.15, 0.2) is 0 Å². The Morgan fingerprint density at radius 2 is 1.84 bits per heavy atom. The van der Waals surface area contributed by atoms with Gasteiger partial charge in [0.25, 0.3) is 0 Å². The number of fused-ring (bicyclic) bond motifs is 1. The van der Waals surface area contributed by atoms with Crippen LogP contribution in [-0.4, -0.2) is 0 Å². The Morgan fingerprint density at radius 1 is 1.11 bits per heavy atom. The van der Waals surface area contributed by atoms with Gasteiger partial charge < -0.3 is 10.2 Å². The zero-order chi connectivity index (χ0) is 13.4. The van der Waals surface area contributed by atoms with E-state index in [1.54, 1.807) is 0 Å². The first-order valence-corrected chi connectivity index (χ1v) is 7.30. The van der Waals surface area contributed by atoms with E-state index in [1.165, 1.54) is 3.57 Å². The summed E-state index contributed by atoms with van der Waals surface area (Å²) < 4.78 is 6.97. The summed E-state index contributed by atoms with van der Waals surface area (Å²) in [4.78, 5) is 0. The van der Waals surface area contributed by atoms with Gasteiger partial charge in [0.2, 0.25) is 0 Å². The minimum Gasteiger partial charge on any atom is -0.459 e. The molecular weight excluding hydrogens is 373 g/mol. The van der Waals surface area contributed by atoms with E-state index in [0.717, 1.165) is 22.3 Å². The topological polar surface area (TPSA) is 39.2 Å². The highest BCUT2D eigenvalue weighted by Gasteiger charge is 2.15. The lowest BCUT2D eigenvalue weighted by molar-refractivity contribution is 0.525. The molecule has 0 fully saturated rings. The molecule has 0 aliphatic rings. The number of halogens is 2. The van der Waals surface area contributed by atoms with Gasteiger partial charge in [-0.2, -0.15) is 0 Å². The van der Waals surface area contributed by atoms with Crippen molar-refractivity contribution in [3.63, 3.8) is 0 Å². The van der Waals surface area contributed by atoms with Crippen molar-refractivity contribution in [2.75, 3.05) is 0 Å². The Labute approximate surface area is 129 Å². The number of benzene rings is 2. The van der Waals surface area contributed by atoms with Crippen molar-refractivity contribution in [1.29, 1.82) is 0 Å². The summed E-state index contributed by atoms with van der Waals surface area (Å²) >= 11 is 8.41. The van der Waals surface area contributed by atoms with Gasteiger partial charge in [0.05, 0.1) is 11.1 Å². The minimum atomic E-state index is -0.277. The zero-order valence-corrected chi connectivity index (χ0v) is 12.9. The third-order valence-electron chi connectivity index (χ3n) is 3.06. The first-order valence-electron chi connectivity index (χ1n) is 5.84. The van der Waals surface area contributed by atoms with Crippen LogP contribution in [0, 0.1) is 3.57 Å².